The Morgan fingerprint density at radius 3 is 2.55 bits per heavy atom. The van der Waals surface area contributed by atoms with Gasteiger partial charge >= 0.3 is 12.0 Å². The summed E-state index contributed by atoms with van der Waals surface area (Å²) in [6, 6.07) is -0.299. The molecule has 0 radical (unpaired) electrons. The van der Waals surface area contributed by atoms with Crippen molar-refractivity contribution in [2.45, 2.75) is 25.9 Å². The Morgan fingerprint density at radius 1 is 1.40 bits per heavy atom. The van der Waals surface area contributed by atoms with Crippen LogP contribution in [0, 0.1) is 0 Å². The van der Waals surface area contributed by atoms with Crippen molar-refractivity contribution in [2.75, 3.05) is 20.6 Å². The summed E-state index contributed by atoms with van der Waals surface area (Å²) in [6.07, 6.45) is 0. The number of likely N-dealkylation sites (N-methyl/N-ethyl adjacent to an activating group) is 1. The second-order valence-electron chi connectivity index (χ2n) is 5.17. The lowest BCUT2D eigenvalue weighted by Gasteiger charge is -2.32. The number of hydrogen-bond acceptors (Lipinski definition) is 5. The summed E-state index contributed by atoms with van der Waals surface area (Å²) in [5.74, 6) is -1.07. The zero-order chi connectivity index (χ0) is 15.3. The van der Waals surface area contributed by atoms with Crippen molar-refractivity contribution in [1.82, 2.24) is 20.5 Å². The number of nitrogens with one attached hydrogen (secondary N) is 2. The average Bonchev–Trinajstić information content (AvgIpc) is 2.82. The van der Waals surface area contributed by atoms with Crippen LogP contribution >= 0.6 is 11.3 Å². The molecule has 1 aromatic rings. The lowest BCUT2D eigenvalue weighted by molar-refractivity contribution is 0.0691. The van der Waals surface area contributed by atoms with E-state index in [1.807, 2.05) is 32.8 Å². The van der Waals surface area contributed by atoms with Crippen LogP contribution < -0.4 is 10.6 Å². The van der Waals surface area contributed by atoms with Crippen LogP contribution in [0.2, 0.25) is 0 Å². The molecule has 0 aromatic carbocycles. The highest BCUT2D eigenvalue weighted by Gasteiger charge is 2.21. The van der Waals surface area contributed by atoms with Crippen LogP contribution in [0.5, 0.6) is 0 Å². The first-order valence-electron chi connectivity index (χ1n) is 6.09. The highest BCUT2D eigenvalue weighted by Crippen LogP contribution is 2.09. The van der Waals surface area contributed by atoms with Crippen LogP contribution in [0.3, 0.4) is 0 Å². The van der Waals surface area contributed by atoms with Gasteiger partial charge in [0.25, 0.3) is 0 Å². The van der Waals surface area contributed by atoms with E-state index in [1.54, 1.807) is 0 Å². The van der Waals surface area contributed by atoms with E-state index >= 15 is 0 Å². The zero-order valence-electron chi connectivity index (χ0n) is 12.1. The molecule has 0 aliphatic carbocycles. The normalized spacial score (nSPS) is 11.4. The van der Waals surface area contributed by atoms with Gasteiger partial charge in [-0.25, -0.2) is 14.6 Å². The minimum atomic E-state index is -1.07. The van der Waals surface area contributed by atoms with Crippen molar-refractivity contribution < 1.29 is 14.7 Å². The Bertz CT molecular complexity index is 485. The molecule has 7 nitrogen and oxygen atoms in total. The Hall–Kier alpha value is -1.67. The average molecular weight is 300 g/mol. The third-order valence-corrected chi connectivity index (χ3v) is 3.91. The van der Waals surface area contributed by atoms with E-state index in [2.05, 4.69) is 15.6 Å². The molecular weight excluding hydrogens is 280 g/mol. The summed E-state index contributed by atoms with van der Waals surface area (Å²) >= 11 is 1.21. The number of thiazole rings is 1. The Kier molecular flexibility index (Phi) is 5.46. The first-order valence-corrected chi connectivity index (χ1v) is 6.97. The monoisotopic (exact) mass is 300 g/mol. The van der Waals surface area contributed by atoms with E-state index < -0.39 is 5.97 Å². The first kappa shape index (κ1) is 16.4. The zero-order valence-corrected chi connectivity index (χ0v) is 12.9. The van der Waals surface area contributed by atoms with Gasteiger partial charge in [-0.3, -0.25) is 0 Å². The molecule has 20 heavy (non-hydrogen) atoms. The Labute approximate surface area is 122 Å². The number of carbonyl (C=O) groups excluding carboxylic acids is 1. The molecule has 1 rings (SSSR count). The number of carboxylic acids is 1. The quantitative estimate of drug-likeness (QED) is 0.728. The van der Waals surface area contributed by atoms with Gasteiger partial charge in [0.05, 0.1) is 6.54 Å². The van der Waals surface area contributed by atoms with Crippen molar-refractivity contribution in [1.29, 1.82) is 0 Å². The smallest absolute Gasteiger partial charge is 0.355 e. The molecule has 1 aromatic heterocycles. The molecule has 0 fully saturated rings. The molecule has 0 saturated carbocycles. The van der Waals surface area contributed by atoms with E-state index in [0.29, 0.717) is 11.6 Å². The number of aromatic nitrogens is 1. The van der Waals surface area contributed by atoms with Gasteiger partial charge in [0.2, 0.25) is 0 Å². The standard InChI is InChI=1S/C12H20N4O3S/c1-12(2,16(3)4)7-14-11(19)13-5-9-15-8(6-20-9)10(17)18/h6H,5,7H2,1-4H3,(H,17,18)(H2,13,14,19). The lowest BCUT2D eigenvalue weighted by atomic mass is 10.1. The molecular formula is C12H20N4O3S. The van der Waals surface area contributed by atoms with Crippen molar-refractivity contribution in [3.8, 4) is 0 Å². The Morgan fingerprint density at radius 2 is 2.05 bits per heavy atom. The molecule has 0 spiro atoms. The van der Waals surface area contributed by atoms with Gasteiger partial charge in [-0.05, 0) is 27.9 Å². The highest BCUT2D eigenvalue weighted by molar-refractivity contribution is 7.09. The molecule has 2 amide bonds. The van der Waals surface area contributed by atoms with E-state index in [0.717, 1.165) is 0 Å². The highest BCUT2D eigenvalue weighted by atomic mass is 32.1. The third-order valence-electron chi connectivity index (χ3n) is 3.06. The summed E-state index contributed by atoms with van der Waals surface area (Å²) in [6.45, 7) is 4.76. The van der Waals surface area contributed by atoms with Gasteiger partial charge in [-0.2, -0.15) is 0 Å². The number of carboxylic acid groups (broad SMARTS) is 1. The van der Waals surface area contributed by atoms with Gasteiger partial charge < -0.3 is 20.6 Å². The van der Waals surface area contributed by atoms with Crippen molar-refractivity contribution in [3.05, 3.63) is 16.1 Å². The molecule has 0 saturated heterocycles. The lowest BCUT2D eigenvalue weighted by Crippen LogP contribution is -2.50. The van der Waals surface area contributed by atoms with Crippen molar-refractivity contribution >= 4 is 23.3 Å². The number of nitrogens with zero attached hydrogens (tertiary/aromatic N) is 2. The fraction of sp³-hybridized carbons (Fsp3) is 0.583. The van der Waals surface area contributed by atoms with E-state index in [4.69, 9.17) is 5.11 Å². The van der Waals surface area contributed by atoms with Crippen LogP contribution in [-0.4, -0.2) is 53.2 Å². The van der Waals surface area contributed by atoms with Gasteiger partial charge in [0.1, 0.15) is 5.01 Å². The summed E-state index contributed by atoms with van der Waals surface area (Å²) in [5, 5.41) is 16.2. The largest absolute Gasteiger partial charge is 0.476 e. The van der Waals surface area contributed by atoms with Crippen LogP contribution in [0.15, 0.2) is 5.38 Å². The molecule has 112 valence electrons. The SMILES string of the molecule is CN(C)C(C)(C)CNC(=O)NCc1nc(C(=O)O)cs1. The van der Waals surface area contributed by atoms with Crippen LogP contribution in [-0.2, 0) is 6.54 Å². The van der Waals surface area contributed by atoms with E-state index in [9.17, 15) is 9.59 Å². The van der Waals surface area contributed by atoms with Crippen LogP contribution in [0.25, 0.3) is 0 Å². The van der Waals surface area contributed by atoms with E-state index in [-0.39, 0.29) is 23.8 Å². The third kappa shape index (κ3) is 4.78. The van der Waals surface area contributed by atoms with Crippen LogP contribution in [0.4, 0.5) is 4.79 Å². The maximum atomic E-state index is 11.6. The van der Waals surface area contributed by atoms with E-state index in [1.165, 1.54) is 16.7 Å². The summed E-state index contributed by atoms with van der Waals surface area (Å²) in [7, 11) is 3.89. The number of hydrogen-bond donors (Lipinski definition) is 3. The fourth-order valence-corrected chi connectivity index (χ4v) is 1.87. The molecule has 0 aliphatic heterocycles. The van der Waals surface area contributed by atoms with Gasteiger partial charge in [0, 0.05) is 17.5 Å². The van der Waals surface area contributed by atoms with Crippen LogP contribution in [0.1, 0.15) is 29.3 Å². The molecule has 3 N–H and O–H groups in total. The molecule has 0 bridgehead atoms. The Balaban J connectivity index is 2.38. The maximum absolute atomic E-state index is 11.6. The molecule has 0 aliphatic rings. The molecule has 0 atom stereocenters. The summed E-state index contributed by atoms with van der Waals surface area (Å²) in [5.41, 5.74) is -0.143. The number of amides is 2. The molecule has 1 heterocycles. The number of aromatic carboxylic acids is 1. The number of carbonyl (C=O) groups is 2. The minimum absolute atomic E-state index is 0.000879. The minimum Gasteiger partial charge on any atom is -0.476 e. The van der Waals surface area contributed by atoms with Gasteiger partial charge in [-0.1, -0.05) is 0 Å². The van der Waals surface area contributed by atoms with Crippen molar-refractivity contribution in [3.63, 3.8) is 0 Å². The van der Waals surface area contributed by atoms with Crippen molar-refractivity contribution in [2.24, 2.45) is 0 Å². The predicted molar refractivity (Wildman–Crippen MR) is 77.1 cm³/mol. The predicted octanol–water partition coefficient (Wildman–Crippen LogP) is 0.981. The fourth-order valence-electron chi connectivity index (χ4n) is 1.16. The maximum Gasteiger partial charge on any atom is 0.355 e. The second-order valence-corrected chi connectivity index (χ2v) is 6.12. The van der Waals surface area contributed by atoms with Gasteiger partial charge in [0.15, 0.2) is 5.69 Å². The number of urea groups is 1. The molecule has 0 unspecified atom stereocenters. The second kappa shape index (κ2) is 6.67. The molecule has 8 heteroatoms. The summed E-state index contributed by atoms with van der Waals surface area (Å²) < 4.78 is 0. The summed E-state index contributed by atoms with van der Waals surface area (Å²) in [4.78, 5) is 28.2. The number of rotatable bonds is 6. The first-order chi connectivity index (χ1) is 9.22. The topological polar surface area (TPSA) is 94.6 Å². The van der Waals surface area contributed by atoms with Gasteiger partial charge in [-0.15, -0.1) is 11.3 Å².